The number of carbonyl (C=O) groups is 1. The maximum Gasteiger partial charge on any atom is 0.297 e. The molecule has 0 spiro atoms. The van der Waals surface area contributed by atoms with Crippen LogP contribution in [0.1, 0.15) is 42.6 Å². The van der Waals surface area contributed by atoms with Gasteiger partial charge in [-0.25, -0.2) is 0 Å². The van der Waals surface area contributed by atoms with E-state index in [0.717, 1.165) is 10.4 Å². The highest BCUT2D eigenvalue weighted by Crippen LogP contribution is 2.25. The maximum absolute atomic E-state index is 11.5. The SMILES string of the molecule is CC(=O)c1ccc(-n2nnc(-c3ccc(C(C)C)cc3)n2)c([N+](=O)[O-])c1. The number of carbonyl (C=O) groups excluding carboxylic acids is 1. The van der Waals surface area contributed by atoms with Gasteiger partial charge in [-0.3, -0.25) is 14.9 Å². The summed E-state index contributed by atoms with van der Waals surface area (Å²) in [5.74, 6) is 0.525. The van der Waals surface area contributed by atoms with E-state index in [4.69, 9.17) is 0 Å². The van der Waals surface area contributed by atoms with Crippen LogP contribution >= 0.6 is 0 Å². The normalized spacial score (nSPS) is 10.9. The van der Waals surface area contributed by atoms with Gasteiger partial charge in [0.1, 0.15) is 0 Å². The fourth-order valence-corrected chi connectivity index (χ4v) is 2.51. The van der Waals surface area contributed by atoms with Gasteiger partial charge in [-0.1, -0.05) is 38.1 Å². The number of nitrogens with zero attached hydrogens (tertiary/aromatic N) is 5. The lowest BCUT2D eigenvalue weighted by Gasteiger charge is -2.04. The molecule has 0 aliphatic rings. The van der Waals surface area contributed by atoms with Gasteiger partial charge in [0.05, 0.1) is 4.92 Å². The van der Waals surface area contributed by atoms with E-state index in [9.17, 15) is 14.9 Å². The van der Waals surface area contributed by atoms with E-state index in [1.54, 1.807) is 0 Å². The summed E-state index contributed by atoms with van der Waals surface area (Å²) in [6.45, 7) is 5.56. The number of hydrogen-bond acceptors (Lipinski definition) is 6. The highest BCUT2D eigenvalue weighted by atomic mass is 16.6. The molecule has 8 heteroatoms. The lowest BCUT2D eigenvalue weighted by atomic mass is 10.0. The van der Waals surface area contributed by atoms with Crippen LogP contribution in [0.4, 0.5) is 5.69 Å². The molecule has 1 heterocycles. The van der Waals surface area contributed by atoms with Crippen molar-refractivity contribution in [1.82, 2.24) is 20.2 Å². The van der Waals surface area contributed by atoms with Gasteiger partial charge in [0, 0.05) is 17.2 Å². The zero-order valence-electron chi connectivity index (χ0n) is 14.6. The van der Waals surface area contributed by atoms with Crippen molar-refractivity contribution >= 4 is 11.5 Å². The number of tetrazole rings is 1. The van der Waals surface area contributed by atoms with E-state index < -0.39 is 4.92 Å². The zero-order valence-corrected chi connectivity index (χ0v) is 14.6. The van der Waals surface area contributed by atoms with E-state index in [1.165, 1.54) is 30.7 Å². The van der Waals surface area contributed by atoms with Crippen molar-refractivity contribution in [2.24, 2.45) is 0 Å². The number of benzene rings is 2. The van der Waals surface area contributed by atoms with Gasteiger partial charge in [-0.2, -0.15) is 0 Å². The van der Waals surface area contributed by atoms with Crippen LogP contribution in [0.2, 0.25) is 0 Å². The lowest BCUT2D eigenvalue weighted by molar-refractivity contribution is -0.384. The van der Waals surface area contributed by atoms with Crippen LogP contribution in [0.15, 0.2) is 42.5 Å². The molecule has 0 saturated heterocycles. The second-order valence-electron chi connectivity index (χ2n) is 6.20. The van der Waals surface area contributed by atoms with E-state index in [-0.39, 0.29) is 22.7 Å². The van der Waals surface area contributed by atoms with Crippen molar-refractivity contribution in [1.29, 1.82) is 0 Å². The van der Waals surface area contributed by atoms with E-state index >= 15 is 0 Å². The summed E-state index contributed by atoms with van der Waals surface area (Å²) in [5, 5.41) is 23.5. The van der Waals surface area contributed by atoms with Gasteiger partial charge in [0.25, 0.3) is 5.69 Å². The summed E-state index contributed by atoms with van der Waals surface area (Å²) in [4.78, 5) is 23.4. The molecule has 0 radical (unpaired) electrons. The lowest BCUT2D eigenvalue weighted by Crippen LogP contribution is -2.05. The smallest absolute Gasteiger partial charge is 0.295 e. The van der Waals surface area contributed by atoms with Crippen LogP contribution in [-0.4, -0.2) is 30.9 Å². The minimum absolute atomic E-state index is 0.151. The summed E-state index contributed by atoms with van der Waals surface area (Å²) in [6.07, 6.45) is 0. The van der Waals surface area contributed by atoms with Gasteiger partial charge in [0.2, 0.25) is 5.82 Å². The fourth-order valence-electron chi connectivity index (χ4n) is 2.51. The number of ketones is 1. The van der Waals surface area contributed by atoms with Crippen molar-refractivity contribution in [3.63, 3.8) is 0 Å². The molecule has 0 fully saturated rings. The molecule has 0 N–H and O–H groups in total. The molecule has 26 heavy (non-hydrogen) atoms. The molecular weight excluding hydrogens is 334 g/mol. The Morgan fingerprint density at radius 1 is 1.15 bits per heavy atom. The molecule has 3 aromatic rings. The third-order valence-corrected chi connectivity index (χ3v) is 4.04. The monoisotopic (exact) mass is 351 g/mol. The van der Waals surface area contributed by atoms with Crippen molar-refractivity contribution in [2.45, 2.75) is 26.7 Å². The topological polar surface area (TPSA) is 104 Å². The average Bonchev–Trinajstić information content (AvgIpc) is 3.11. The minimum Gasteiger partial charge on any atom is -0.295 e. The Balaban J connectivity index is 1.99. The van der Waals surface area contributed by atoms with Gasteiger partial charge in [0.15, 0.2) is 11.5 Å². The molecule has 132 valence electrons. The minimum atomic E-state index is -0.567. The van der Waals surface area contributed by atoms with E-state index in [1.807, 2.05) is 24.3 Å². The summed E-state index contributed by atoms with van der Waals surface area (Å²) < 4.78 is 0. The van der Waals surface area contributed by atoms with Gasteiger partial charge >= 0.3 is 0 Å². The first-order valence-corrected chi connectivity index (χ1v) is 8.07. The summed E-state index contributed by atoms with van der Waals surface area (Å²) in [7, 11) is 0. The Kier molecular flexibility index (Phi) is 4.57. The summed E-state index contributed by atoms with van der Waals surface area (Å²) in [5.41, 5.74) is 2.11. The molecular formula is C18H17N5O3. The van der Waals surface area contributed by atoms with Crippen LogP contribution < -0.4 is 0 Å². The van der Waals surface area contributed by atoms with Gasteiger partial charge in [-0.05, 0) is 35.8 Å². The molecule has 0 saturated carbocycles. The van der Waals surface area contributed by atoms with Crippen LogP contribution in [0.3, 0.4) is 0 Å². The Hall–Kier alpha value is -3.42. The van der Waals surface area contributed by atoms with Crippen molar-refractivity contribution in [3.05, 3.63) is 63.7 Å². The molecule has 0 unspecified atom stereocenters. The Morgan fingerprint density at radius 2 is 1.85 bits per heavy atom. The van der Waals surface area contributed by atoms with Crippen LogP contribution in [-0.2, 0) is 0 Å². The summed E-state index contributed by atoms with van der Waals surface area (Å²) >= 11 is 0. The van der Waals surface area contributed by atoms with E-state index in [0.29, 0.717) is 11.7 Å². The van der Waals surface area contributed by atoms with Crippen molar-refractivity contribution < 1.29 is 9.72 Å². The first-order chi connectivity index (χ1) is 12.4. The molecule has 2 aromatic carbocycles. The molecule has 1 aromatic heterocycles. The number of aromatic nitrogens is 4. The summed E-state index contributed by atoms with van der Waals surface area (Å²) in [6, 6.07) is 11.9. The second kappa shape index (κ2) is 6.83. The predicted octanol–water partition coefficient (Wildman–Crippen LogP) is 3.56. The van der Waals surface area contributed by atoms with Crippen molar-refractivity contribution in [3.8, 4) is 17.1 Å². The largest absolute Gasteiger partial charge is 0.297 e. The van der Waals surface area contributed by atoms with Crippen LogP contribution in [0, 0.1) is 10.1 Å². The average molecular weight is 351 g/mol. The molecule has 0 atom stereocenters. The predicted molar refractivity (Wildman–Crippen MR) is 95.3 cm³/mol. The third-order valence-electron chi connectivity index (χ3n) is 4.04. The highest BCUT2D eigenvalue weighted by Gasteiger charge is 2.20. The van der Waals surface area contributed by atoms with Gasteiger partial charge in [-0.15, -0.1) is 15.0 Å². The molecule has 3 rings (SSSR count). The Morgan fingerprint density at radius 3 is 2.42 bits per heavy atom. The van der Waals surface area contributed by atoms with Crippen LogP contribution in [0.25, 0.3) is 17.1 Å². The number of rotatable bonds is 5. The number of nitro groups is 1. The fraction of sp³-hybridized carbons (Fsp3) is 0.222. The first-order valence-electron chi connectivity index (χ1n) is 8.07. The van der Waals surface area contributed by atoms with Crippen LogP contribution in [0.5, 0.6) is 0 Å². The van der Waals surface area contributed by atoms with E-state index in [2.05, 4.69) is 29.3 Å². The quantitative estimate of drug-likeness (QED) is 0.395. The number of Topliss-reactive ketones (excluding diaryl/α,β-unsaturated/α-hetero) is 1. The molecule has 0 aliphatic heterocycles. The maximum atomic E-state index is 11.5. The molecule has 0 bridgehead atoms. The molecule has 0 amide bonds. The number of hydrogen-bond donors (Lipinski definition) is 0. The number of nitro benzene ring substituents is 1. The van der Waals surface area contributed by atoms with Gasteiger partial charge < -0.3 is 0 Å². The van der Waals surface area contributed by atoms with Crippen molar-refractivity contribution in [2.75, 3.05) is 0 Å². The zero-order chi connectivity index (χ0) is 18.8. The first kappa shape index (κ1) is 17.4. The molecule has 8 nitrogen and oxygen atoms in total. The second-order valence-corrected chi connectivity index (χ2v) is 6.20. The molecule has 0 aliphatic carbocycles. The standard InChI is InChI=1S/C18H17N5O3/c1-11(2)13-4-6-14(7-5-13)18-19-21-22(20-18)16-9-8-15(12(3)24)10-17(16)23(25)26/h4-11H,1-3H3. The highest BCUT2D eigenvalue weighted by molar-refractivity contribution is 5.95. The Labute approximate surface area is 149 Å². The Bertz CT molecular complexity index is 977. The third kappa shape index (κ3) is 3.34.